The average molecular weight is 730 g/mol. The lowest BCUT2D eigenvalue weighted by Crippen LogP contribution is -2.55. The summed E-state index contributed by atoms with van der Waals surface area (Å²) in [6.07, 6.45) is 1.54. The maximum atomic E-state index is 13.0. The van der Waals surface area contributed by atoms with Gasteiger partial charge < -0.3 is 27.5 Å². The summed E-state index contributed by atoms with van der Waals surface area (Å²) in [7, 11) is 1.88. The van der Waals surface area contributed by atoms with Gasteiger partial charge in [0.05, 0.1) is 38.9 Å². The van der Waals surface area contributed by atoms with Gasteiger partial charge in [-0.25, -0.2) is 28.1 Å². The Hall–Kier alpha value is -2.36. The summed E-state index contributed by atoms with van der Waals surface area (Å²) in [6, 6.07) is 0.570. The lowest BCUT2D eigenvalue weighted by molar-refractivity contribution is -0.144. The van der Waals surface area contributed by atoms with E-state index in [1.165, 1.54) is 21.3 Å². The van der Waals surface area contributed by atoms with Crippen molar-refractivity contribution >= 4 is 68.8 Å². The zero-order valence-electron chi connectivity index (χ0n) is 26.3. The predicted octanol–water partition coefficient (Wildman–Crippen LogP) is 0.139. The van der Waals surface area contributed by atoms with Crippen LogP contribution in [0.4, 0.5) is 0 Å². The van der Waals surface area contributed by atoms with Crippen molar-refractivity contribution in [3.8, 4) is 0 Å². The van der Waals surface area contributed by atoms with Crippen molar-refractivity contribution in [3.05, 3.63) is 31.5 Å². The Kier molecular flexibility index (Phi) is 20.9. The van der Waals surface area contributed by atoms with Crippen LogP contribution < -0.4 is 17.1 Å². The van der Waals surface area contributed by atoms with E-state index < -0.39 is 43.8 Å². The number of esters is 3. The van der Waals surface area contributed by atoms with Crippen molar-refractivity contribution in [2.75, 3.05) is 58.4 Å². The summed E-state index contributed by atoms with van der Waals surface area (Å²) < 4.78 is 33.3. The molecule has 0 aliphatic heterocycles. The molecule has 0 aromatic carbocycles. The monoisotopic (exact) mass is 729 g/mol. The maximum Gasteiger partial charge on any atom is 0.500 e. The van der Waals surface area contributed by atoms with Gasteiger partial charge in [0.25, 0.3) is 0 Å². The molecule has 1 aromatic heterocycles. The number of hydrogen-bond acceptors (Lipinski definition) is 16. The van der Waals surface area contributed by atoms with Gasteiger partial charge >= 0.3 is 43.8 Å². The van der Waals surface area contributed by atoms with Crippen LogP contribution in [0.15, 0.2) is 14.4 Å². The number of rotatable bonds is 24. The number of carbonyl (C=O) groups excluding carboxylic acids is 4. The van der Waals surface area contributed by atoms with Crippen LogP contribution in [0.2, 0.25) is 6.04 Å². The lowest BCUT2D eigenvalue weighted by Gasteiger charge is -2.24. The van der Waals surface area contributed by atoms with Gasteiger partial charge in [-0.1, -0.05) is 11.8 Å². The Balaban J connectivity index is 2.76. The molecule has 0 fully saturated rings. The summed E-state index contributed by atoms with van der Waals surface area (Å²) in [5.74, 6) is -1.13. The largest absolute Gasteiger partial charge is 0.500 e. The quantitative estimate of drug-likeness (QED) is 0.0481. The fourth-order valence-electron chi connectivity index (χ4n) is 3.90. The Labute approximate surface area is 282 Å². The van der Waals surface area contributed by atoms with Crippen molar-refractivity contribution < 1.29 is 46.7 Å². The second-order valence-electron chi connectivity index (χ2n) is 9.38. The summed E-state index contributed by atoms with van der Waals surface area (Å²) >= 11 is 8.88. The molecule has 0 spiro atoms. The fourth-order valence-corrected chi connectivity index (χ4v) is 6.84. The first kappa shape index (κ1) is 41.7. The number of thioether (sulfide) groups is 1. The molecule has 1 aromatic rings. The normalized spacial score (nSPS) is 11.3. The zero-order chi connectivity index (χ0) is 34.5. The zero-order valence-corrected chi connectivity index (χ0v) is 29.9. The molecule has 1 heterocycles. The number of carbonyl (C=O) groups is 4. The van der Waals surface area contributed by atoms with Gasteiger partial charge in [0.15, 0.2) is 5.12 Å². The second kappa shape index (κ2) is 23.0. The van der Waals surface area contributed by atoms with E-state index in [4.69, 9.17) is 27.5 Å². The van der Waals surface area contributed by atoms with Crippen LogP contribution in [-0.4, -0.2) is 104 Å². The minimum atomic E-state index is -2.69. The minimum absolute atomic E-state index is 0.0257. The predicted molar refractivity (Wildman–Crippen MR) is 177 cm³/mol. The van der Waals surface area contributed by atoms with Gasteiger partial charge in [0, 0.05) is 51.1 Å². The first-order valence-electron chi connectivity index (χ1n) is 14.4. The number of thiol groups is 2. The molecule has 1 rings (SSSR count). The van der Waals surface area contributed by atoms with Crippen molar-refractivity contribution in [3.63, 3.8) is 0 Å². The Morgan fingerprint density at radius 2 is 1.02 bits per heavy atom. The van der Waals surface area contributed by atoms with E-state index in [0.29, 0.717) is 39.0 Å². The third-order valence-corrected chi connectivity index (χ3v) is 10.6. The van der Waals surface area contributed by atoms with Gasteiger partial charge in [0.2, 0.25) is 0 Å². The molecular formula is C26H43N3O13S3Si. The highest BCUT2D eigenvalue weighted by molar-refractivity contribution is 8.13. The first-order chi connectivity index (χ1) is 22.0. The topological polar surface area (TPSA) is 190 Å². The molecule has 0 unspecified atom stereocenters. The van der Waals surface area contributed by atoms with Crippen LogP contribution in [0.1, 0.15) is 38.5 Å². The summed E-state index contributed by atoms with van der Waals surface area (Å²) in [6.45, 7) is -2.10. The van der Waals surface area contributed by atoms with Crippen LogP contribution in [0.25, 0.3) is 0 Å². The van der Waals surface area contributed by atoms with E-state index in [1.807, 2.05) is 0 Å². The Morgan fingerprint density at radius 1 is 0.630 bits per heavy atom. The van der Waals surface area contributed by atoms with Gasteiger partial charge in [0.1, 0.15) is 19.8 Å². The highest BCUT2D eigenvalue weighted by atomic mass is 32.2. The van der Waals surface area contributed by atoms with E-state index in [0.717, 1.165) is 11.8 Å². The van der Waals surface area contributed by atoms with Crippen LogP contribution in [-0.2, 0) is 66.3 Å². The number of aromatic nitrogens is 3. The molecule has 16 nitrogen and oxygen atoms in total. The minimum Gasteiger partial charge on any atom is -0.464 e. The number of ether oxygens (including phenoxy) is 3. The SMILES string of the molecule is CO[Si](CCCCC(=O)SCCC(=O)OCCn1c(=O)n(CCOC(=O)CCS)c(=O)n(CCOC(=O)CCS)c1=O)(OC)OC. The average Bonchev–Trinajstić information content (AvgIpc) is 3.03. The molecule has 0 amide bonds. The standard InChI is InChI=1S/C26H43N3O13S3Si/c1-37-46(38-2,39-3)19-5-4-6-23(33)45-18-9-22(32)42-15-12-29-25(35)27(10-13-40-20(30)7-16-43)24(34)28(26(29)36)11-14-41-21(31)8-17-44/h43-44H,4-19H2,1-3H3. The van der Waals surface area contributed by atoms with Gasteiger partial charge in [-0.3, -0.25) is 19.2 Å². The third-order valence-electron chi connectivity index (χ3n) is 6.37. The van der Waals surface area contributed by atoms with Gasteiger partial charge in [-0.15, -0.1) is 0 Å². The van der Waals surface area contributed by atoms with Crippen LogP contribution >= 0.6 is 37.0 Å². The summed E-state index contributed by atoms with van der Waals surface area (Å²) in [4.78, 5) is 86.8. The molecule has 0 aliphatic rings. The highest BCUT2D eigenvalue weighted by Gasteiger charge is 2.36. The van der Waals surface area contributed by atoms with E-state index in [9.17, 15) is 33.6 Å². The Bertz CT molecular complexity index is 1240. The molecule has 0 N–H and O–H groups in total. The first-order valence-corrected chi connectivity index (χ1v) is 18.6. The van der Waals surface area contributed by atoms with E-state index in [2.05, 4.69) is 25.3 Å². The van der Waals surface area contributed by atoms with Crippen LogP contribution in [0.5, 0.6) is 0 Å². The Morgan fingerprint density at radius 3 is 1.39 bits per heavy atom. The van der Waals surface area contributed by atoms with Gasteiger partial charge in [-0.05, 0) is 12.8 Å². The molecule has 0 saturated heterocycles. The third kappa shape index (κ3) is 14.6. The summed E-state index contributed by atoms with van der Waals surface area (Å²) in [5, 5.41) is -0.0886. The van der Waals surface area contributed by atoms with Crippen molar-refractivity contribution in [1.29, 1.82) is 0 Å². The molecule has 20 heteroatoms. The summed E-state index contributed by atoms with van der Waals surface area (Å²) in [5.41, 5.74) is -2.98. The number of hydrogen-bond donors (Lipinski definition) is 2. The molecular weight excluding hydrogens is 687 g/mol. The van der Waals surface area contributed by atoms with Crippen molar-refractivity contribution in [1.82, 2.24) is 13.7 Å². The molecule has 0 saturated carbocycles. The molecule has 0 aliphatic carbocycles. The van der Waals surface area contributed by atoms with Crippen molar-refractivity contribution in [2.24, 2.45) is 0 Å². The fraction of sp³-hybridized carbons (Fsp3) is 0.731. The van der Waals surface area contributed by atoms with E-state index >= 15 is 0 Å². The molecule has 46 heavy (non-hydrogen) atoms. The molecule has 0 atom stereocenters. The molecule has 0 radical (unpaired) electrons. The van der Waals surface area contributed by atoms with Crippen LogP contribution in [0, 0.1) is 0 Å². The van der Waals surface area contributed by atoms with E-state index in [1.54, 1.807) is 0 Å². The number of unbranched alkanes of at least 4 members (excludes halogenated alkanes) is 1. The number of nitrogens with zero attached hydrogens (tertiary/aromatic N) is 3. The molecule has 0 bridgehead atoms. The second-order valence-corrected chi connectivity index (χ2v) is 14.5. The highest BCUT2D eigenvalue weighted by Crippen LogP contribution is 2.18. The maximum absolute atomic E-state index is 13.0. The van der Waals surface area contributed by atoms with Crippen molar-refractivity contribution in [2.45, 2.75) is 64.2 Å². The van der Waals surface area contributed by atoms with Gasteiger partial charge in [-0.2, -0.15) is 25.3 Å². The lowest BCUT2D eigenvalue weighted by atomic mass is 10.3. The molecule has 262 valence electrons. The van der Waals surface area contributed by atoms with Crippen LogP contribution in [0.3, 0.4) is 0 Å². The van der Waals surface area contributed by atoms with E-state index in [-0.39, 0.29) is 81.1 Å². The smallest absolute Gasteiger partial charge is 0.464 e.